The Balaban J connectivity index is 1.74. The van der Waals surface area contributed by atoms with Crippen molar-refractivity contribution < 1.29 is 9.63 Å². The Morgan fingerprint density at radius 3 is 2.88 bits per heavy atom. The van der Waals surface area contributed by atoms with Crippen LogP contribution in [0.3, 0.4) is 0 Å². The van der Waals surface area contributed by atoms with Crippen molar-refractivity contribution in [3.63, 3.8) is 0 Å². The number of carbonyl (C=O) groups excluding carboxylic acids is 1. The molecule has 0 radical (unpaired) electrons. The van der Waals surface area contributed by atoms with E-state index < -0.39 is 0 Å². The molecule has 136 valence electrons. The van der Waals surface area contributed by atoms with E-state index in [1.165, 1.54) is 25.7 Å². The second kappa shape index (κ2) is 6.78. The highest BCUT2D eigenvalue weighted by atomic mass is 16.7. The number of urea groups is 1. The van der Waals surface area contributed by atoms with Gasteiger partial charge >= 0.3 is 6.03 Å². The van der Waals surface area contributed by atoms with Crippen LogP contribution in [0.15, 0.2) is 19.0 Å². The summed E-state index contributed by atoms with van der Waals surface area (Å²) in [6.45, 7) is 7.03. The highest BCUT2D eigenvalue weighted by Gasteiger charge is 2.54. The van der Waals surface area contributed by atoms with E-state index in [2.05, 4.69) is 28.7 Å². The molecule has 3 aliphatic rings. The monoisotopic (exact) mass is 345 g/mol. The Kier molecular flexibility index (Phi) is 4.50. The fourth-order valence-electron chi connectivity index (χ4n) is 5.15. The van der Waals surface area contributed by atoms with Crippen molar-refractivity contribution in [2.75, 3.05) is 13.2 Å². The fraction of sp³-hybridized carbons (Fsp3) is 0.722. The number of H-pyrrole nitrogens is 1. The number of hydroxylamine groups is 2. The fourth-order valence-corrected chi connectivity index (χ4v) is 5.15. The maximum atomic E-state index is 13.1. The number of amides is 2. The van der Waals surface area contributed by atoms with Gasteiger partial charge in [0.05, 0.1) is 18.7 Å². The molecule has 7 heteroatoms. The molecule has 1 saturated carbocycles. The van der Waals surface area contributed by atoms with Gasteiger partial charge in [-0.25, -0.2) is 4.79 Å². The average Bonchev–Trinajstić information content (AvgIpc) is 3.13. The molecular formula is C18H27N5O2. The summed E-state index contributed by atoms with van der Waals surface area (Å²) in [5, 5.41) is 9.87. The van der Waals surface area contributed by atoms with E-state index in [0.717, 1.165) is 12.2 Å². The summed E-state index contributed by atoms with van der Waals surface area (Å²) in [4.78, 5) is 24.0. The molecule has 2 amide bonds. The van der Waals surface area contributed by atoms with Gasteiger partial charge in [-0.15, -0.1) is 16.8 Å². The lowest BCUT2D eigenvalue weighted by Crippen LogP contribution is -2.46. The molecule has 3 heterocycles. The third-order valence-electron chi connectivity index (χ3n) is 6.31. The van der Waals surface area contributed by atoms with Crippen LogP contribution in [0.5, 0.6) is 0 Å². The zero-order valence-corrected chi connectivity index (χ0v) is 14.8. The van der Waals surface area contributed by atoms with Crippen LogP contribution in [0.25, 0.3) is 0 Å². The highest BCUT2D eigenvalue weighted by Crippen LogP contribution is 2.49. The van der Waals surface area contributed by atoms with Gasteiger partial charge in [-0.3, -0.25) is 4.84 Å². The number of hydrogen-bond donors (Lipinski definition) is 1. The predicted octanol–water partition coefficient (Wildman–Crippen LogP) is 2.92. The molecule has 5 atom stereocenters. The van der Waals surface area contributed by atoms with Crippen molar-refractivity contribution in [1.82, 2.24) is 25.1 Å². The van der Waals surface area contributed by atoms with Crippen molar-refractivity contribution >= 4 is 6.03 Å². The molecule has 3 fully saturated rings. The van der Waals surface area contributed by atoms with Gasteiger partial charge in [-0.1, -0.05) is 32.3 Å². The molecule has 1 aliphatic carbocycles. The summed E-state index contributed by atoms with van der Waals surface area (Å²) in [5.41, 5.74) is 0. The first-order valence-electron chi connectivity index (χ1n) is 9.42. The van der Waals surface area contributed by atoms with Crippen molar-refractivity contribution in [2.24, 2.45) is 17.8 Å². The summed E-state index contributed by atoms with van der Waals surface area (Å²) in [7, 11) is 0. The van der Waals surface area contributed by atoms with Gasteiger partial charge in [0.1, 0.15) is 6.33 Å². The van der Waals surface area contributed by atoms with Crippen LogP contribution in [-0.4, -0.2) is 50.4 Å². The summed E-state index contributed by atoms with van der Waals surface area (Å²) in [6, 6.07) is -0.00310. The zero-order chi connectivity index (χ0) is 17.4. The van der Waals surface area contributed by atoms with E-state index in [9.17, 15) is 4.79 Å². The van der Waals surface area contributed by atoms with E-state index in [1.54, 1.807) is 17.5 Å². The molecule has 1 aromatic heterocycles. The van der Waals surface area contributed by atoms with Crippen LogP contribution in [-0.2, 0) is 4.84 Å². The lowest BCUT2D eigenvalue weighted by Gasteiger charge is -2.40. The molecule has 25 heavy (non-hydrogen) atoms. The quantitative estimate of drug-likeness (QED) is 0.852. The van der Waals surface area contributed by atoms with Gasteiger partial charge in [-0.2, -0.15) is 5.06 Å². The van der Waals surface area contributed by atoms with E-state index >= 15 is 0 Å². The number of carbonyl (C=O) groups is 1. The molecule has 4 rings (SSSR count). The van der Waals surface area contributed by atoms with E-state index in [1.807, 2.05) is 4.90 Å². The van der Waals surface area contributed by atoms with Gasteiger partial charge in [-0.05, 0) is 30.6 Å². The number of hydrogen-bond acceptors (Lipinski definition) is 4. The normalized spacial score (nSPS) is 35.2. The Labute approximate surface area is 148 Å². The van der Waals surface area contributed by atoms with Crippen LogP contribution in [0.4, 0.5) is 4.79 Å². The minimum atomic E-state index is -0.0530. The summed E-state index contributed by atoms with van der Waals surface area (Å²) < 4.78 is 0. The second-order valence-corrected chi connectivity index (χ2v) is 7.56. The minimum Gasteiger partial charge on any atom is -0.330 e. The molecule has 1 aromatic rings. The number of aromatic amines is 1. The van der Waals surface area contributed by atoms with Gasteiger partial charge in [0.15, 0.2) is 5.82 Å². The third kappa shape index (κ3) is 2.74. The molecule has 1 N–H and O–H groups in total. The molecule has 0 aromatic carbocycles. The first-order valence-corrected chi connectivity index (χ1v) is 9.42. The molecule has 3 unspecified atom stereocenters. The van der Waals surface area contributed by atoms with Crippen LogP contribution in [0.2, 0.25) is 0 Å². The van der Waals surface area contributed by atoms with E-state index in [4.69, 9.17) is 4.84 Å². The highest BCUT2D eigenvalue weighted by molar-refractivity contribution is 5.77. The van der Waals surface area contributed by atoms with Crippen molar-refractivity contribution in [3.05, 3.63) is 24.8 Å². The van der Waals surface area contributed by atoms with Crippen molar-refractivity contribution in [2.45, 2.75) is 51.1 Å². The van der Waals surface area contributed by atoms with Gasteiger partial charge in [0, 0.05) is 6.54 Å². The minimum absolute atomic E-state index is 0.0390. The van der Waals surface area contributed by atoms with Crippen molar-refractivity contribution in [3.8, 4) is 0 Å². The van der Waals surface area contributed by atoms with Crippen LogP contribution in [0.1, 0.15) is 50.9 Å². The summed E-state index contributed by atoms with van der Waals surface area (Å²) in [5.74, 6) is 2.20. The Morgan fingerprint density at radius 2 is 2.16 bits per heavy atom. The topological polar surface area (TPSA) is 74.3 Å². The van der Waals surface area contributed by atoms with E-state index in [0.29, 0.717) is 30.9 Å². The van der Waals surface area contributed by atoms with Gasteiger partial charge in [0.25, 0.3) is 0 Å². The standard InChI is InChI=1S/C18H27N5O2/c1-3-9-25-23-15-10-22(18(23)24)16(17-19-11-20-21-17)14-8-6-4-5-7-13(14)12(15)2/h3,11-16H,1,4-10H2,2H3,(H,19,20,21)/t12-,13?,14?,15?,16-/m0/s1. The van der Waals surface area contributed by atoms with E-state index in [-0.39, 0.29) is 18.1 Å². The number of aromatic nitrogens is 3. The maximum absolute atomic E-state index is 13.1. The average molecular weight is 345 g/mol. The zero-order valence-electron chi connectivity index (χ0n) is 14.8. The summed E-state index contributed by atoms with van der Waals surface area (Å²) >= 11 is 0. The molecule has 0 spiro atoms. The van der Waals surface area contributed by atoms with Gasteiger partial charge in [0.2, 0.25) is 0 Å². The largest absolute Gasteiger partial charge is 0.344 e. The Bertz CT molecular complexity index is 619. The number of nitrogens with one attached hydrogen (secondary N) is 1. The smallest absolute Gasteiger partial charge is 0.330 e. The lowest BCUT2D eigenvalue weighted by molar-refractivity contribution is -0.137. The Hall–Kier alpha value is -1.89. The SMILES string of the molecule is C=CCON1C(=O)N2CC1[C@@H](C)C1CCCCCC1[C@H]2c1nnc[nH]1. The lowest BCUT2D eigenvalue weighted by atomic mass is 9.73. The first kappa shape index (κ1) is 16.6. The first-order chi connectivity index (χ1) is 12.2. The molecule has 2 saturated heterocycles. The number of nitrogens with zero attached hydrogens (tertiary/aromatic N) is 4. The van der Waals surface area contributed by atoms with Crippen LogP contribution in [0, 0.1) is 17.8 Å². The molecule has 2 aliphatic heterocycles. The second-order valence-electron chi connectivity index (χ2n) is 7.56. The predicted molar refractivity (Wildman–Crippen MR) is 92.2 cm³/mol. The maximum Gasteiger partial charge on any atom is 0.344 e. The molecular weight excluding hydrogens is 318 g/mol. The number of rotatable bonds is 4. The molecule has 7 nitrogen and oxygen atoms in total. The van der Waals surface area contributed by atoms with Gasteiger partial charge < -0.3 is 9.88 Å². The van der Waals surface area contributed by atoms with Crippen molar-refractivity contribution in [1.29, 1.82) is 0 Å². The summed E-state index contributed by atoms with van der Waals surface area (Å²) in [6.07, 6.45) is 9.42. The third-order valence-corrected chi connectivity index (χ3v) is 6.31. The van der Waals surface area contributed by atoms with Crippen LogP contribution < -0.4 is 0 Å². The number of fused-ring (bicyclic) bond motifs is 3. The Morgan fingerprint density at radius 1 is 1.36 bits per heavy atom. The molecule has 2 bridgehead atoms. The van der Waals surface area contributed by atoms with Crippen LogP contribution >= 0.6 is 0 Å².